The van der Waals surface area contributed by atoms with Crippen LogP contribution in [-0.2, 0) is 9.59 Å². The van der Waals surface area contributed by atoms with Crippen molar-refractivity contribution in [2.45, 2.75) is 65.5 Å². The van der Waals surface area contributed by atoms with Gasteiger partial charge in [0.2, 0.25) is 5.91 Å². The first-order valence-electron chi connectivity index (χ1n) is 9.06. The molecule has 0 aromatic rings. The first-order chi connectivity index (χ1) is 10.8. The predicted molar refractivity (Wildman–Crippen MR) is 90.1 cm³/mol. The number of carbonyl (C=O) groups excluding carboxylic acids is 1. The van der Waals surface area contributed by atoms with E-state index in [4.69, 9.17) is 0 Å². The first-order valence-corrected chi connectivity index (χ1v) is 9.06. The van der Waals surface area contributed by atoms with E-state index in [1.54, 1.807) is 0 Å². The van der Waals surface area contributed by atoms with E-state index in [-0.39, 0.29) is 23.9 Å². The molecule has 132 valence electrons. The topological polar surface area (TPSA) is 69.6 Å². The quantitative estimate of drug-likeness (QED) is 0.833. The predicted octanol–water partition coefficient (Wildman–Crippen LogP) is 2.36. The summed E-state index contributed by atoms with van der Waals surface area (Å²) in [4.78, 5) is 26.0. The molecule has 0 radical (unpaired) electrons. The zero-order valence-corrected chi connectivity index (χ0v) is 14.9. The van der Waals surface area contributed by atoms with Crippen LogP contribution in [0.5, 0.6) is 0 Å². The Bertz CT molecular complexity index is 440. The number of aliphatic carboxylic acids is 1. The van der Waals surface area contributed by atoms with Crippen molar-refractivity contribution in [1.29, 1.82) is 0 Å². The largest absolute Gasteiger partial charge is 0.481 e. The lowest BCUT2D eigenvalue weighted by atomic mass is 9.78. The molecule has 0 bridgehead atoms. The van der Waals surface area contributed by atoms with Gasteiger partial charge in [-0.15, -0.1) is 0 Å². The Hall–Kier alpha value is -1.10. The Kier molecular flexibility index (Phi) is 6.06. The summed E-state index contributed by atoms with van der Waals surface area (Å²) in [5.41, 5.74) is 0. The number of nitrogens with zero attached hydrogens (tertiary/aromatic N) is 1. The lowest BCUT2D eigenvalue weighted by molar-refractivity contribution is -0.146. The summed E-state index contributed by atoms with van der Waals surface area (Å²) < 4.78 is 0. The third kappa shape index (κ3) is 4.46. The average Bonchev–Trinajstić information content (AvgIpc) is 2.50. The Morgan fingerprint density at radius 2 is 1.87 bits per heavy atom. The van der Waals surface area contributed by atoms with Crippen molar-refractivity contribution in [2.75, 3.05) is 13.1 Å². The van der Waals surface area contributed by atoms with Crippen molar-refractivity contribution < 1.29 is 14.7 Å². The lowest BCUT2D eigenvalue weighted by Crippen LogP contribution is -2.55. The molecule has 5 nitrogen and oxygen atoms in total. The van der Waals surface area contributed by atoms with Crippen LogP contribution in [0, 0.1) is 23.7 Å². The van der Waals surface area contributed by atoms with Gasteiger partial charge in [0.25, 0.3) is 0 Å². The summed E-state index contributed by atoms with van der Waals surface area (Å²) in [5.74, 6) is 0.414. The highest BCUT2D eigenvalue weighted by atomic mass is 16.4. The van der Waals surface area contributed by atoms with Crippen molar-refractivity contribution in [3.8, 4) is 0 Å². The number of likely N-dealkylation sites (tertiary alicyclic amines) is 1. The molecular formula is C18H32N2O3. The maximum Gasteiger partial charge on any atom is 0.307 e. The van der Waals surface area contributed by atoms with Crippen molar-refractivity contribution in [3.63, 3.8) is 0 Å². The van der Waals surface area contributed by atoms with Gasteiger partial charge in [-0.25, -0.2) is 0 Å². The molecular weight excluding hydrogens is 292 g/mol. The highest BCUT2D eigenvalue weighted by molar-refractivity contribution is 5.81. The molecule has 0 aromatic carbocycles. The normalized spacial score (nSPS) is 37.1. The van der Waals surface area contributed by atoms with Gasteiger partial charge in [0.1, 0.15) is 0 Å². The van der Waals surface area contributed by atoms with Gasteiger partial charge >= 0.3 is 5.97 Å². The fourth-order valence-corrected chi connectivity index (χ4v) is 4.14. The molecule has 1 heterocycles. The van der Waals surface area contributed by atoms with Crippen LogP contribution >= 0.6 is 0 Å². The molecule has 6 unspecified atom stereocenters. The Morgan fingerprint density at radius 1 is 1.17 bits per heavy atom. The van der Waals surface area contributed by atoms with Crippen LogP contribution < -0.4 is 5.32 Å². The fourth-order valence-electron chi connectivity index (χ4n) is 4.14. The monoisotopic (exact) mass is 324 g/mol. The number of carboxylic acids is 1. The average molecular weight is 324 g/mol. The molecule has 23 heavy (non-hydrogen) atoms. The smallest absolute Gasteiger partial charge is 0.307 e. The number of carboxylic acid groups (broad SMARTS) is 1. The minimum absolute atomic E-state index is 0.0502. The van der Waals surface area contributed by atoms with Gasteiger partial charge < -0.3 is 10.4 Å². The summed E-state index contributed by atoms with van der Waals surface area (Å²) in [6, 6.07) is -0.00443. The molecule has 1 saturated carbocycles. The minimum Gasteiger partial charge on any atom is -0.481 e. The Balaban J connectivity index is 1.94. The van der Waals surface area contributed by atoms with Crippen molar-refractivity contribution >= 4 is 11.9 Å². The van der Waals surface area contributed by atoms with Crippen LogP contribution in [0.15, 0.2) is 0 Å². The summed E-state index contributed by atoms with van der Waals surface area (Å²) >= 11 is 0. The van der Waals surface area contributed by atoms with Crippen molar-refractivity contribution in [2.24, 2.45) is 23.7 Å². The van der Waals surface area contributed by atoms with Crippen LogP contribution in [0.25, 0.3) is 0 Å². The molecule has 0 spiro atoms. The second kappa shape index (κ2) is 7.65. The van der Waals surface area contributed by atoms with Gasteiger partial charge in [-0.1, -0.05) is 33.6 Å². The number of piperidine rings is 1. The second-order valence-electron chi connectivity index (χ2n) is 7.89. The third-order valence-electron chi connectivity index (χ3n) is 6.00. The molecule has 1 aliphatic heterocycles. The third-order valence-corrected chi connectivity index (χ3v) is 6.00. The minimum atomic E-state index is -0.746. The lowest BCUT2D eigenvalue weighted by Gasteiger charge is -2.39. The molecule has 2 aliphatic rings. The molecule has 5 heteroatoms. The number of rotatable bonds is 4. The van der Waals surface area contributed by atoms with Crippen LogP contribution in [-0.4, -0.2) is 47.1 Å². The number of amides is 1. The van der Waals surface area contributed by atoms with Crippen LogP contribution in [0.3, 0.4) is 0 Å². The Morgan fingerprint density at radius 3 is 2.52 bits per heavy atom. The fraction of sp³-hybridized carbons (Fsp3) is 0.889. The van der Waals surface area contributed by atoms with Gasteiger partial charge in [-0.3, -0.25) is 14.5 Å². The standard InChI is InChI=1S/C18H32N2O3/c1-11-8-15(18(22)23)10-20(9-11)14(4)17(21)19-16-7-5-6-12(2)13(16)3/h11-16H,5-10H2,1-4H3,(H,19,21)(H,22,23). The molecule has 0 aromatic heterocycles. The van der Waals surface area contributed by atoms with E-state index in [0.717, 1.165) is 13.0 Å². The summed E-state index contributed by atoms with van der Waals surface area (Å²) in [5, 5.41) is 12.5. The Labute approximate surface area is 139 Å². The maximum atomic E-state index is 12.6. The van der Waals surface area contributed by atoms with E-state index < -0.39 is 5.97 Å². The van der Waals surface area contributed by atoms with Gasteiger partial charge in [-0.05, 0) is 37.5 Å². The van der Waals surface area contributed by atoms with E-state index in [0.29, 0.717) is 30.7 Å². The van der Waals surface area contributed by atoms with E-state index in [2.05, 4.69) is 26.1 Å². The highest BCUT2D eigenvalue weighted by Gasteiger charge is 2.35. The SMILES string of the molecule is CC1CC(C(=O)O)CN(C(C)C(=O)NC2CCCC(C)C2C)C1. The first kappa shape index (κ1) is 18.2. The molecule has 2 rings (SSSR count). The molecule has 1 aliphatic carbocycles. The zero-order chi connectivity index (χ0) is 17.1. The zero-order valence-electron chi connectivity index (χ0n) is 14.9. The number of nitrogens with one attached hydrogen (secondary N) is 1. The molecule has 1 amide bonds. The summed E-state index contributed by atoms with van der Waals surface area (Å²) in [7, 11) is 0. The van der Waals surface area contributed by atoms with Crippen molar-refractivity contribution in [3.05, 3.63) is 0 Å². The number of hydrogen-bond donors (Lipinski definition) is 2. The van der Waals surface area contributed by atoms with E-state index in [1.807, 2.05) is 11.8 Å². The van der Waals surface area contributed by atoms with Gasteiger partial charge in [-0.2, -0.15) is 0 Å². The van der Waals surface area contributed by atoms with Crippen LogP contribution in [0.4, 0.5) is 0 Å². The summed E-state index contributed by atoms with van der Waals surface area (Å²) in [6.07, 6.45) is 4.18. The maximum absolute atomic E-state index is 12.6. The van der Waals surface area contributed by atoms with Crippen LogP contribution in [0.1, 0.15) is 53.4 Å². The van der Waals surface area contributed by atoms with E-state index in [9.17, 15) is 14.7 Å². The van der Waals surface area contributed by atoms with Crippen LogP contribution in [0.2, 0.25) is 0 Å². The molecule has 2 fully saturated rings. The highest BCUT2D eigenvalue weighted by Crippen LogP contribution is 2.30. The van der Waals surface area contributed by atoms with Crippen molar-refractivity contribution in [1.82, 2.24) is 10.2 Å². The number of hydrogen-bond acceptors (Lipinski definition) is 3. The molecule has 1 saturated heterocycles. The summed E-state index contributed by atoms with van der Waals surface area (Å²) in [6.45, 7) is 9.74. The molecule has 2 N–H and O–H groups in total. The number of carbonyl (C=O) groups is 2. The van der Waals surface area contributed by atoms with Gasteiger partial charge in [0.15, 0.2) is 0 Å². The molecule has 6 atom stereocenters. The van der Waals surface area contributed by atoms with Gasteiger partial charge in [0.05, 0.1) is 12.0 Å². The van der Waals surface area contributed by atoms with Gasteiger partial charge in [0, 0.05) is 19.1 Å². The second-order valence-corrected chi connectivity index (χ2v) is 7.89. The van der Waals surface area contributed by atoms with E-state index in [1.165, 1.54) is 12.8 Å². The van der Waals surface area contributed by atoms with E-state index >= 15 is 0 Å².